The molecule has 0 aliphatic heterocycles. The fourth-order valence-corrected chi connectivity index (χ4v) is 2.64. The average Bonchev–Trinajstić information content (AvgIpc) is 2.37. The van der Waals surface area contributed by atoms with Gasteiger partial charge in [0, 0.05) is 16.3 Å². The van der Waals surface area contributed by atoms with Gasteiger partial charge in [-0.05, 0) is 48.4 Å². The van der Waals surface area contributed by atoms with Crippen molar-refractivity contribution in [3.63, 3.8) is 0 Å². The number of hydrogen-bond acceptors (Lipinski definition) is 3. The van der Waals surface area contributed by atoms with E-state index in [4.69, 9.17) is 11.0 Å². The normalized spacial score (nSPS) is 10.2. The fourth-order valence-electron chi connectivity index (χ4n) is 1.76. The van der Waals surface area contributed by atoms with E-state index in [0.29, 0.717) is 11.3 Å². The highest BCUT2D eigenvalue weighted by atomic mass is 32.2. The maximum absolute atomic E-state index is 13.3. The van der Waals surface area contributed by atoms with Crippen LogP contribution in [0.1, 0.15) is 16.7 Å². The maximum atomic E-state index is 13.3. The molecular weight excluding hydrogens is 259 g/mol. The summed E-state index contributed by atoms with van der Waals surface area (Å²) >= 11 is 1.54. The molecule has 2 nitrogen and oxygen atoms in total. The molecule has 96 valence electrons. The van der Waals surface area contributed by atoms with Crippen LogP contribution in [0.4, 0.5) is 10.1 Å². The van der Waals surface area contributed by atoms with E-state index in [1.807, 2.05) is 31.2 Å². The molecular formula is C15H13FN2S. The number of aryl methyl sites for hydroxylation is 1. The first-order valence-electron chi connectivity index (χ1n) is 5.77. The van der Waals surface area contributed by atoms with Crippen molar-refractivity contribution in [2.45, 2.75) is 17.6 Å². The molecule has 19 heavy (non-hydrogen) atoms. The standard InChI is InChI=1S/C15H13FN2S/c1-10-2-3-15(14(18)4-10)19-9-12-5-11(8-17)6-13(16)7-12/h2-7H,9,18H2,1H3. The first kappa shape index (κ1) is 13.4. The van der Waals surface area contributed by atoms with Crippen LogP contribution in [-0.2, 0) is 5.75 Å². The fraction of sp³-hybridized carbons (Fsp3) is 0.133. The molecule has 0 heterocycles. The number of benzene rings is 2. The predicted octanol–water partition coefficient (Wildman–Crippen LogP) is 3.88. The molecule has 0 fully saturated rings. The Hall–Kier alpha value is -1.99. The third-order valence-corrected chi connectivity index (χ3v) is 3.81. The predicted molar refractivity (Wildman–Crippen MR) is 76.3 cm³/mol. The lowest BCUT2D eigenvalue weighted by atomic mass is 10.1. The third kappa shape index (κ3) is 3.49. The second-order valence-corrected chi connectivity index (χ2v) is 5.31. The van der Waals surface area contributed by atoms with E-state index in [1.165, 1.54) is 23.9 Å². The van der Waals surface area contributed by atoms with Crippen molar-refractivity contribution in [2.24, 2.45) is 0 Å². The van der Waals surface area contributed by atoms with E-state index in [0.717, 1.165) is 21.7 Å². The Kier molecular flexibility index (Phi) is 4.08. The van der Waals surface area contributed by atoms with Gasteiger partial charge >= 0.3 is 0 Å². The molecule has 0 saturated carbocycles. The van der Waals surface area contributed by atoms with Crippen molar-refractivity contribution in [1.82, 2.24) is 0 Å². The molecule has 0 aromatic heterocycles. The largest absolute Gasteiger partial charge is 0.398 e. The van der Waals surface area contributed by atoms with Crippen LogP contribution in [-0.4, -0.2) is 0 Å². The molecule has 0 bridgehead atoms. The number of anilines is 1. The Morgan fingerprint density at radius 2 is 2.05 bits per heavy atom. The molecule has 0 aliphatic carbocycles. The van der Waals surface area contributed by atoms with Crippen molar-refractivity contribution in [3.8, 4) is 6.07 Å². The summed E-state index contributed by atoms with van der Waals surface area (Å²) in [5.41, 5.74) is 8.88. The summed E-state index contributed by atoms with van der Waals surface area (Å²) in [4.78, 5) is 0.966. The van der Waals surface area contributed by atoms with Crippen LogP contribution in [0.15, 0.2) is 41.3 Å². The van der Waals surface area contributed by atoms with E-state index in [9.17, 15) is 4.39 Å². The molecule has 0 saturated heterocycles. The zero-order chi connectivity index (χ0) is 13.8. The van der Waals surface area contributed by atoms with Crippen LogP contribution in [0.25, 0.3) is 0 Å². The van der Waals surface area contributed by atoms with E-state index in [1.54, 1.807) is 6.07 Å². The van der Waals surface area contributed by atoms with Crippen LogP contribution in [0.3, 0.4) is 0 Å². The van der Waals surface area contributed by atoms with Crippen LogP contribution in [0.2, 0.25) is 0 Å². The molecule has 0 spiro atoms. The molecule has 0 atom stereocenters. The minimum absolute atomic E-state index is 0.340. The quantitative estimate of drug-likeness (QED) is 0.681. The summed E-state index contributed by atoms with van der Waals surface area (Å²) in [5.74, 6) is 0.200. The molecule has 0 unspecified atom stereocenters. The van der Waals surface area contributed by atoms with E-state index in [2.05, 4.69) is 0 Å². The molecule has 0 radical (unpaired) electrons. The summed E-state index contributed by atoms with van der Waals surface area (Å²) < 4.78 is 13.3. The summed E-state index contributed by atoms with van der Waals surface area (Å²) in [6.07, 6.45) is 0. The van der Waals surface area contributed by atoms with Crippen LogP contribution in [0.5, 0.6) is 0 Å². The molecule has 2 aromatic carbocycles. The van der Waals surface area contributed by atoms with E-state index >= 15 is 0 Å². The van der Waals surface area contributed by atoms with Gasteiger partial charge in [0.2, 0.25) is 0 Å². The summed E-state index contributed by atoms with van der Waals surface area (Å²) in [5, 5.41) is 8.80. The lowest BCUT2D eigenvalue weighted by Crippen LogP contribution is -1.91. The summed E-state index contributed by atoms with van der Waals surface area (Å²) in [7, 11) is 0. The van der Waals surface area contributed by atoms with Crippen LogP contribution >= 0.6 is 11.8 Å². The number of nitrogens with zero attached hydrogens (tertiary/aromatic N) is 1. The molecule has 4 heteroatoms. The minimum Gasteiger partial charge on any atom is -0.398 e. The van der Waals surface area contributed by atoms with Crippen LogP contribution < -0.4 is 5.73 Å². The average molecular weight is 272 g/mol. The Labute approximate surface area is 116 Å². The Morgan fingerprint density at radius 1 is 1.26 bits per heavy atom. The van der Waals surface area contributed by atoms with Gasteiger partial charge < -0.3 is 5.73 Å². The highest BCUT2D eigenvalue weighted by molar-refractivity contribution is 7.98. The van der Waals surface area contributed by atoms with Gasteiger partial charge in [0.15, 0.2) is 0 Å². The first-order chi connectivity index (χ1) is 9.08. The van der Waals surface area contributed by atoms with Gasteiger partial charge in [-0.1, -0.05) is 6.07 Å². The van der Waals surface area contributed by atoms with Crippen LogP contribution in [0, 0.1) is 24.1 Å². The van der Waals surface area contributed by atoms with Gasteiger partial charge in [0.1, 0.15) is 5.82 Å². The Morgan fingerprint density at radius 3 is 2.74 bits per heavy atom. The minimum atomic E-state index is -0.383. The topological polar surface area (TPSA) is 49.8 Å². The summed E-state index contributed by atoms with van der Waals surface area (Å²) in [6.45, 7) is 1.98. The number of nitriles is 1. The third-order valence-electron chi connectivity index (χ3n) is 2.65. The van der Waals surface area contributed by atoms with Gasteiger partial charge in [-0.25, -0.2) is 4.39 Å². The van der Waals surface area contributed by atoms with Crippen molar-refractivity contribution in [2.75, 3.05) is 5.73 Å². The molecule has 2 aromatic rings. The molecule has 2 N–H and O–H groups in total. The molecule has 0 amide bonds. The SMILES string of the molecule is Cc1ccc(SCc2cc(F)cc(C#N)c2)c(N)c1. The zero-order valence-corrected chi connectivity index (χ0v) is 11.3. The first-order valence-corrected chi connectivity index (χ1v) is 6.75. The van der Waals surface area contributed by atoms with Gasteiger partial charge in [0.05, 0.1) is 11.6 Å². The second-order valence-electron chi connectivity index (χ2n) is 4.29. The number of nitrogens with two attached hydrogens (primary N) is 1. The highest BCUT2D eigenvalue weighted by Gasteiger charge is 2.04. The molecule has 0 aliphatic rings. The van der Waals surface area contributed by atoms with E-state index < -0.39 is 0 Å². The van der Waals surface area contributed by atoms with Crippen molar-refractivity contribution < 1.29 is 4.39 Å². The number of rotatable bonds is 3. The number of halogens is 1. The second kappa shape index (κ2) is 5.77. The maximum Gasteiger partial charge on any atom is 0.124 e. The Balaban J connectivity index is 2.14. The van der Waals surface area contributed by atoms with E-state index in [-0.39, 0.29) is 5.82 Å². The lowest BCUT2D eigenvalue weighted by molar-refractivity contribution is 0.626. The van der Waals surface area contributed by atoms with Gasteiger partial charge in [-0.3, -0.25) is 0 Å². The highest BCUT2D eigenvalue weighted by Crippen LogP contribution is 2.29. The van der Waals surface area contributed by atoms with Crippen molar-refractivity contribution in [1.29, 1.82) is 5.26 Å². The lowest BCUT2D eigenvalue weighted by Gasteiger charge is -2.07. The van der Waals surface area contributed by atoms with Gasteiger partial charge in [0.25, 0.3) is 0 Å². The smallest absolute Gasteiger partial charge is 0.124 e. The monoisotopic (exact) mass is 272 g/mol. The molecule has 2 rings (SSSR count). The summed E-state index contributed by atoms with van der Waals surface area (Å²) in [6, 6.07) is 12.2. The number of nitrogen functional groups attached to an aromatic ring is 1. The zero-order valence-electron chi connectivity index (χ0n) is 10.5. The number of thioether (sulfide) groups is 1. The number of hydrogen-bond donors (Lipinski definition) is 1. The van der Waals surface area contributed by atoms with Gasteiger partial charge in [-0.15, -0.1) is 11.8 Å². The van der Waals surface area contributed by atoms with Gasteiger partial charge in [-0.2, -0.15) is 5.26 Å². The van der Waals surface area contributed by atoms with Crippen molar-refractivity contribution in [3.05, 3.63) is 58.9 Å². The Bertz CT molecular complexity index is 647. The van der Waals surface area contributed by atoms with Crippen molar-refractivity contribution >= 4 is 17.4 Å².